The maximum atomic E-state index is 17.1. The van der Waals surface area contributed by atoms with Gasteiger partial charge in [0.05, 0.1) is 19.0 Å². The van der Waals surface area contributed by atoms with Crippen LogP contribution in [0.15, 0.2) is 42.2 Å². The van der Waals surface area contributed by atoms with E-state index in [1.165, 1.54) is 6.07 Å². The standard InChI is InChI=1S/C37H39F3N6O2/c1-3-24-26(39)9-7-22-5-4-6-25(28(22)24)31-30(40)32-29-34(46-17-23-8-10-27(41-23)33(46)20(2)48-35(29)42-31)44-36(43-32)47-19-37(12-13-37)18-45-14-11-21(15-38)16-45/h4-7,9,15,20,23,27,33,41H,3,8,10-14,16-19H2,1-2H3/t20-,23+,27-,33+/m0/s1. The van der Waals surface area contributed by atoms with Gasteiger partial charge in [0.25, 0.3) is 0 Å². The minimum absolute atomic E-state index is 0.0450. The van der Waals surface area contributed by atoms with Gasteiger partial charge in [-0.15, -0.1) is 0 Å². The van der Waals surface area contributed by atoms with Crippen LogP contribution in [-0.4, -0.2) is 76.9 Å². The van der Waals surface area contributed by atoms with Crippen molar-refractivity contribution >= 4 is 27.5 Å². The molecule has 0 spiro atoms. The molecule has 4 atom stereocenters. The SMILES string of the molecule is CCc1c(F)ccc2cccc(-c3nc4c5c(nc(OCC6(CN7CCC(=CF)C7)CC6)nc5c3F)N3C[C@H]5CC[C@H](N5)[C@H]3[C@H](C)O4)c12. The minimum atomic E-state index is -0.613. The molecule has 11 heteroatoms. The smallest absolute Gasteiger partial charge is 0.319 e. The minimum Gasteiger partial charge on any atom is -0.472 e. The van der Waals surface area contributed by atoms with Gasteiger partial charge in [0.2, 0.25) is 5.88 Å². The van der Waals surface area contributed by atoms with Crippen molar-refractivity contribution in [2.45, 2.75) is 76.6 Å². The Morgan fingerprint density at radius 3 is 2.77 bits per heavy atom. The van der Waals surface area contributed by atoms with E-state index >= 15 is 8.78 Å². The lowest BCUT2D eigenvalue weighted by Gasteiger charge is -2.42. The van der Waals surface area contributed by atoms with Crippen LogP contribution < -0.4 is 19.7 Å². The molecule has 0 amide bonds. The van der Waals surface area contributed by atoms with E-state index in [0.717, 1.165) is 62.5 Å². The summed E-state index contributed by atoms with van der Waals surface area (Å²) in [6, 6.07) is 9.27. The van der Waals surface area contributed by atoms with Gasteiger partial charge < -0.3 is 19.7 Å². The molecular weight excluding hydrogens is 617 g/mol. The van der Waals surface area contributed by atoms with E-state index in [1.54, 1.807) is 12.1 Å². The predicted molar refractivity (Wildman–Crippen MR) is 178 cm³/mol. The molecule has 48 heavy (non-hydrogen) atoms. The number of aromatic nitrogens is 3. The van der Waals surface area contributed by atoms with E-state index in [1.807, 2.05) is 26.0 Å². The zero-order valence-electron chi connectivity index (χ0n) is 27.2. The third-order valence-electron chi connectivity index (χ3n) is 11.3. The summed E-state index contributed by atoms with van der Waals surface area (Å²) in [6.45, 7) is 7.31. The number of hydrogen-bond acceptors (Lipinski definition) is 8. The lowest BCUT2D eigenvalue weighted by Crippen LogP contribution is -2.62. The van der Waals surface area contributed by atoms with Crippen LogP contribution in [0.1, 0.15) is 51.5 Å². The van der Waals surface area contributed by atoms with Crippen molar-refractivity contribution in [3.8, 4) is 23.1 Å². The molecule has 1 saturated carbocycles. The molecule has 8 nitrogen and oxygen atoms in total. The molecular formula is C37H39F3N6O2. The summed E-state index contributed by atoms with van der Waals surface area (Å²) in [6.07, 6.45) is 5.71. The van der Waals surface area contributed by atoms with Gasteiger partial charge in [-0.1, -0.05) is 31.2 Å². The molecule has 2 bridgehead atoms. The molecule has 5 aliphatic rings. The molecule has 2 aromatic carbocycles. The summed E-state index contributed by atoms with van der Waals surface area (Å²) >= 11 is 0. The number of halogens is 3. The van der Waals surface area contributed by atoms with Crippen molar-refractivity contribution in [3.05, 3.63) is 59.4 Å². The van der Waals surface area contributed by atoms with E-state index in [-0.39, 0.29) is 52.5 Å². The molecule has 250 valence electrons. The summed E-state index contributed by atoms with van der Waals surface area (Å²) in [5.41, 5.74) is 1.91. The number of benzene rings is 2. The maximum absolute atomic E-state index is 17.1. The van der Waals surface area contributed by atoms with Crippen LogP contribution in [0, 0.1) is 17.0 Å². The Hall–Kier alpha value is -3.96. The van der Waals surface area contributed by atoms with E-state index in [4.69, 9.17) is 24.4 Å². The van der Waals surface area contributed by atoms with Crippen LogP contribution in [0.5, 0.6) is 11.9 Å². The molecule has 6 heterocycles. The second-order valence-electron chi connectivity index (χ2n) is 14.4. The molecule has 4 fully saturated rings. The van der Waals surface area contributed by atoms with Gasteiger partial charge in [-0.05, 0) is 73.4 Å². The van der Waals surface area contributed by atoms with E-state index < -0.39 is 5.82 Å². The highest BCUT2D eigenvalue weighted by Crippen LogP contribution is 2.48. The molecule has 4 aromatic rings. The number of nitrogens with zero attached hydrogens (tertiary/aromatic N) is 5. The third kappa shape index (κ3) is 4.83. The Bertz CT molecular complexity index is 1980. The Labute approximate surface area is 277 Å². The van der Waals surface area contributed by atoms with Crippen LogP contribution in [-0.2, 0) is 6.42 Å². The molecule has 4 aliphatic heterocycles. The second kappa shape index (κ2) is 11.3. The van der Waals surface area contributed by atoms with Gasteiger partial charge in [0.1, 0.15) is 34.3 Å². The second-order valence-corrected chi connectivity index (χ2v) is 14.4. The van der Waals surface area contributed by atoms with Crippen molar-refractivity contribution in [3.63, 3.8) is 0 Å². The lowest BCUT2D eigenvalue weighted by atomic mass is 9.95. The van der Waals surface area contributed by atoms with Gasteiger partial charge in [-0.25, -0.2) is 18.2 Å². The van der Waals surface area contributed by atoms with Gasteiger partial charge in [-0.3, -0.25) is 4.90 Å². The highest BCUT2D eigenvalue weighted by Gasteiger charge is 2.48. The number of pyridine rings is 1. The average molecular weight is 657 g/mol. The van der Waals surface area contributed by atoms with Crippen LogP contribution in [0.25, 0.3) is 32.9 Å². The lowest BCUT2D eigenvalue weighted by molar-refractivity contribution is 0.154. The van der Waals surface area contributed by atoms with Crippen molar-refractivity contribution < 1.29 is 22.6 Å². The first-order chi connectivity index (χ1) is 23.3. The first-order valence-electron chi connectivity index (χ1n) is 17.3. The van der Waals surface area contributed by atoms with Crippen molar-refractivity contribution in [2.75, 3.05) is 37.7 Å². The molecule has 0 unspecified atom stereocenters. The summed E-state index contributed by atoms with van der Waals surface area (Å²) in [4.78, 5) is 19.1. The summed E-state index contributed by atoms with van der Waals surface area (Å²) < 4.78 is 58.4. The van der Waals surface area contributed by atoms with Crippen LogP contribution in [0.2, 0.25) is 0 Å². The predicted octanol–water partition coefficient (Wildman–Crippen LogP) is 6.49. The molecule has 1 aliphatic carbocycles. The number of hydrogen-bond donors (Lipinski definition) is 1. The molecule has 2 aromatic heterocycles. The zero-order chi connectivity index (χ0) is 32.7. The zero-order valence-corrected chi connectivity index (χ0v) is 27.2. The number of piperazine rings is 1. The van der Waals surface area contributed by atoms with Gasteiger partial charge in [0, 0.05) is 49.2 Å². The number of likely N-dealkylation sites (tertiary alicyclic amines) is 1. The van der Waals surface area contributed by atoms with Crippen LogP contribution >= 0.6 is 0 Å². The number of nitrogens with one attached hydrogen (secondary N) is 1. The molecule has 1 N–H and O–H groups in total. The van der Waals surface area contributed by atoms with Gasteiger partial charge >= 0.3 is 6.01 Å². The number of ether oxygens (including phenoxy) is 2. The number of rotatable bonds is 7. The first kappa shape index (κ1) is 30.1. The third-order valence-corrected chi connectivity index (χ3v) is 11.3. The number of anilines is 1. The Morgan fingerprint density at radius 1 is 1.10 bits per heavy atom. The van der Waals surface area contributed by atoms with E-state index in [2.05, 4.69) is 15.1 Å². The highest BCUT2D eigenvalue weighted by atomic mass is 19.1. The van der Waals surface area contributed by atoms with Crippen molar-refractivity contribution in [1.29, 1.82) is 0 Å². The number of fused-ring (bicyclic) bond motifs is 6. The van der Waals surface area contributed by atoms with Crippen LogP contribution in [0.3, 0.4) is 0 Å². The topological polar surface area (TPSA) is 75.6 Å². The summed E-state index contributed by atoms with van der Waals surface area (Å²) in [7, 11) is 0. The Morgan fingerprint density at radius 2 is 1.98 bits per heavy atom. The van der Waals surface area contributed by atoms with Crippen molar-refractivity contribution in [1.82, 2.24) is 25.2 Å². The Balaban J connectivity index is 1.18. The first-order valence-corrected chi connectivity index (χ1v) is 17.3. The quantitative estimate of drug-likeness (QED) is 0.242. The monoisotopic (exact) mass is 656 g/mol. The fourth-order valence-electron chi connectivity index (χ4n) is 8.69. The van der Waals surface area contributed by atoms with Gasteiger partial charge in [-0.2, -0.15) is 9.97 Å². The normalized spacial score (nSPS) is 26.6. The van der Waals surface area contributed by atoms with Crippen LogP contribution in [0.4, 0.5) is 19.0 Å². The fourth-order valence-corrected chi connectivity index (χ4v) is 8.69. The highest BCUT2D eigenvalue weighted by molar-refractivity contribution is 6.02. The average Bonchev–Trinajstić information content (AvgIpc) is 3.57. The van der Waals surface area contributed by atoms with Gasteiger partial charge in [0.15, 0.2) is 5.82 Å². The number of aryl methyl sites for hydroxylation is 1. The largest absolute Gasteiger partial charge is 0.472 e. The summed E-state index contributed by atoms with van der Waals surface area (Å²) in [5.74, 6) is -0.0912. The van der Waals surface area contributed by atoms with Crippen molar-refractivity contribution in [2.24, 2.45) is 5.41 Å². The summed E-state index contributed by atoms with van der Waals surface area (Å²) in [5, 5.41) is 5.62. The fraction of sp³-hybridized carbons (Fsp3) is 0.486. The van der Waals surface area contributed by atoms with E-state index in [9.17, 15) is 4.39 Å². The molecule has 0 radical (unpaired) electrons. The molecule has 3 saturated heterocycles. The maximum Gasteiger partial charge on any atom is 0.319 e. The van der Waals surface area contributed by atoms with E-state index in [0.29, 0.717) is 59.9 Å². The molecule has 9 rings (SSSR count). The Kier molecular flexibility index (Phi) is 7.09.